The highest BCUT2D eigenvalue weighted by Crippen LogP contribution is 2.24. The minimum absolute atomic E-state index is 0.119. The third kappa shape index (κ3) is 6.67. The van der Waals surface area contributed by atoms with Crippen LogP contribution in [0.3, 0.4) is 0 Å². The van der Waals surface area contributed by atoms with Crippen LogP contribution in [-0.2, 0) is 35.2 Å². The maximum atomic E-state index is 12.4. The van der Waals surface area contributed by atoms with Crippen LogP contribution in [-0.4, -0.2) is 69.3 Å². The van der Waals surface area contributed by atoms with E-state index in [2.05, 4.69) is 4.90 Å². The number of nitrogens with zero attached hydrogens (tertiary/aromatic N) is 2. The third-order valence-corrected chi connectivity index (χ3v) is 4.39. The monoisotopic (exact) mass is 409 g/mol. The van der Waals surface area contributed by atoms with Gasteiger partial charge in [0.15, 0.2) is 0 Å². The van der Waals surface area contributed by atoms with Gasteiger partial charge in [-0.25, -0.2) is 4.79 Å². The van der Waals surface area contributed by atoms with E-state index >= 15 is 0 Å². The molecular weight excluding hydrogens is 378 g/mol. The van der Waals surface area contributed by atoms with Crippen LogP contribution in [0.5, 0.6) is 0 Å². The molecule has 29 heavy (non-hydrogen) atoms. The molecule has 0 aromatic heterocycles. The van der Waals surface area contributed by atoms with Crippen molar-refractivity contribution in [3.8, 4) is 0 Å². The summed E-state index contributed by atoms with van der Waals surface area (Å²) in [6.07, 6.45) is -0.449. The minimum atomic E-state index is -1.97. The number of esters is 2. The van der Waals surface area contributed by atoms with Gasteiger partial charge in [-0.05, 0) is 25.5 Å². The zero-order valence-electron chi connectivity index (χ0n) is 17.4. The smallest absolute Gasteiger partial charge is 0.356 e. The highest BCUT2D eigenvalue weighted by atomic mass is 16.7. The van der Waals surface area contributed by atoms with E-state index < -0.39 is 24.1 Å². The Morgan fingerprint density at radius 1 is 1.17 bits per heavy atom. The van der Waals surface area contributed by atoms with Crippen LogP contribution in [0, 0.1) is 0 Å². The second-order valence-electron chi connectivity index (χ2n) is 6.70. The van der Waals surface area contributed by atoms with E-state index in [0.29, 0.717) is 19.8 Å². The molecule has 1 aliphatic heterocycles. The molecule has 1 atom stereocenters. The topological polar surface area (TPSA) is 104 Å². The standard InChI is InChI=1S/C20H31N3O6/c1-4-27-18(24)14-20(21,19(25)28-5-2)29-22(3)15-16-8-6-7-9-17(16)23-10-12-26-13-11-23/h6-9H,4-5,10-15,21H2,1-3H3. The molecule has 2 rings (SSSR count). The molecule has 1 saturated heterocycles. The average Bonchev–Trinajstić information content (AvgIpc) is 2.69. The summed E-state index contributed by atoms with van der Waals surface area (Å²) in [5, 5.41) is 1.44. The van der Waals surface area contributed by atoms with Crippen LogP contribution >= 0.6 is 0 Å². The second-order valence-corrected chi connectivity index (χ2v) is 6.70. The molecule has 1 aromatic carbocycles. The zero-order valence-corrected chi connectivity index (χ0v) is 17.4. The Hall–Kier alpha value is -2.20. The van der Waals surface area contributed by atoms with Crippen LogP contribution in [0.2, 0.25) is 0 Å². The number of ether oxygens (including phenoxy) is 3. The van der Waals surface area contributed by atoms with Crippen molar-refractivity contribution in [1.82, 2.24) is 5.06 Å². The molecule has 1 aliphatic rings. The molecule has 0 aliphatic carbocycles. The van der Waals surface area contributed by atoms with Crippen molar-refractivity contribution >= 4 is 17.6 Å². The molecular formula is C20H31N3O6. The molecule has 0 saturated carbocycles. The van der Waals surface area contributed by atoms with Crippen molar-refractivity contribution < 1.29 is 28.6 Å². The first-order chi connectivity index (χ1) is 13.9. The zero-order chi connectivity index (χ0) is 21.3. The summed E-state index contributed by atoms with van der Waals surface area (Å²) in [4.78, 5) is 32.3. The molecule has 0 amide bonds. The molecule has 0 bridgehead atoms. The summed E-state index contributed by atoms with van der Waals surface area (Å²) in [7, 11) is 1.65. The van der Waals surface area contributed by atoms with E-state index in [1.54, 1.807) is 20.9 Å². The Balaban J connectivity index is 2.12. The van der Waals surface area contributed by atoms with E-state index in [-0.39, 0.29) is 13.2 Å². The number of rotatable bonds is 10. The minimum Gasteiger partial charge on any atom is -0.466 e. The van der Waals surface area contributed by atoms with Crippen molar-refractivity contribution in [2.24, 2.45) is 5.73 Å². The number of hydrogen-bond acceptors (Lipinski definition) is 9. The normalized spacial score (nSPS) is 16.4. The summed E-state index contributed by atoms with van der Waals surface area (Å²) in [5.74, 6) is -1.45. The molecule has 9 nitrogen and oxygen atoms in total. The summed E-state index contributed by atoms with van der Waals surface area (Å²) >= 11 is 0. The lowest BCUT2D eigenvalue weighted by Gasteiger charge is -2.33. The van der Waals surface area contributed by atoms with Gasteiger partial charge in [0.25, 0.3) is 0 Å². The van der Waals surface area contributed by atoms with Crippen LogP contribution in [0.15, 0.2) is 24.3 Å². The predicted molar refractivity (Wildman–Crippen MR) is 107 cm³/mol. The van der Waals surface area contributed by atoms with Gasteiger partial charge >= 0.3 is 11.9 Å². The summed E-state index contributed by atoms with van der Waals surface area (Å²) < 4.78 is 15.4. The molecule has 9 heteroatoms. The van der Waals surface area contributed by atoms with E-state index in [0.717, 1.165) is 24.3 Å². The summed E-state index contributed by atoms with van der Waals surface area (Å²) in [6, 6.07) is 7.93. The maximum absolute atomic E-state index is 12.4. The van der Waals surface area contributed by atoms with Crippen molar-refractivity contribution in [2.75, 3.05) is 51.5 Å². The number of para-hydroxylation sites is 1. The highest BCUT2D eigenvalue weighted by molar-refractivity contribution is 5.85. The van der Waals surface area contributed by atoms with Gasteiger partial charge in [-0.2, -0.15) is 5.06 Å². The first-order valence-corrected chi connectivity index (χ1v) is 9.82. The second kappa shape index (κ2) is 11.1. The third-order valence-electron chi connectivity index (χ3n) is 4.39. The van der Waals surface area contributed by atoms with Crippen molar-refractivity contribution in [3.05, 3.63) is 29.8 Å². The summed E-state index contributed by atoms with van der Waals surface area (Å²) in [5.41, 5.74) is 6.23. The Labute approximate surface area is 171 Å². The van der Waals surface area contributed by atoms with Crippen LogP contribution in [0.4, 0.5) is 5.69 Å². The number of hydroxylamine groups is 2. The Kier molecular flexibility index (Phi) is 8.84. The number of anilines is 1. The van der Waals surface area contributed by atoms with Crippen LogP contribution in [0.25, 0.3) is 0 Å². The molecule has 1 fully saturated rings. The van der Waals surface area contributed by atoms with Crippen molar-refractivity contribution in [2.45, 2.75) is 32.5 Å². The largest absolute Gasteiger partial charge is 0.466 e. The van der Waals surface area contributed by atoms with Gasteiger partial charge in [-0.15, -0.1) is 0 Å². The van der Waals surface area contributed by atoms with E-state index in [1.165, 1.54) is 5.06 Å². The maximum Gasteiger partial charge on any atom is 0.356 e. The number of carbonyl (C=O) groups excluding carboxylic acids is 2. The molecule has 1 heterocycles. The van der Waals surface area contributed by atoms with Gasteiger partial charge in [0.05, 0.1) is 33.0 Å². The van der Waals surface area contributed by atoms with Gasteiger partial charge in [0.2, 0.25) is 5.72 Å². The Morgan fingerprint density at radius 3 is 2.48 bits per heavy atom. The Bertz CT molecular complexity index is 680. The van der Waals surface area contributed by atoms with E-state index in [1.807, 2.05) is 24.3 Å². The molecule has 162 valence electrons. The van der Waals surface area contributed by atoms with E-state index in [4.69, 9.17) is 24.8 Å². The molecule has 0 radical (unpaired) electrons. The first-order valence-electron chi connectivity index (χ1n) is 9.82. The number of morpholine rings is 1. The lowest BCUT2D eigenvalue weighted by atomic mass is 10.1. The molecule has 2 N–H and O–H groups in total. The van der Waals surface area contributed by atoms with Gasteiger partial charge < -0.3 is 19.1 Å². The number of benzene rings is 1. The first kappa shape index (κ1) is 23.1. The molecule has 1 unspecified atom stereocenters. The van der Waals surface area contributed by atoms with Crippen molar-refractivity contribution in [1.29, 1.82) is 0 Å². The average molecular weight is 409 g/mol. The van der Waals surface area contributed by atoms with Gasteiger partial charge in [-0.1, -0.05) is 18.2 Å². The lowest BCUT2D eigenvalue weighted by Crippen LogP contribution is -2.56. The van der Waals surface area contributed by atoms with Gasteiger partial charge in [-0.3, -0.25) is 15.4 Å². The molecule has 1 aromatic rings. The van der Waals surface area contributed by atoms with Gasteiger partial charge in [0, 0.05) is 25.8 Å². The number of hydrogen-bond donors (Lipinski definition) is 1. The van der Waals surface area contributed by atoms with Crippen molar-refractivity contribution in [3.63, 3.8) is 0 Å². The fourth-order valence-corrected chi connectivity index (χ4v) is 3.13. The Morgan fingerprint density at radius 2 is 1.83 bits per heavy atom. The number of carbonyl (C=O) groups is 2. The highest BCUT2D eigenvalue weighted by Gasteiger charge is 2.42. The number of nitrogens with two attached hydrogens (primary N) is 1. The lowest BCUT2D eigenvalue weighted by molar-refractivity contribution is -0.248. The predicted octanol–water partition coefficient (Wildman–Crippen LogP) is 1.06. The quantitative estimate of drug-likeness (QED) is 0.345. The summed E-state index contributed by atoms with van der Waals surface area (Å²) in [6.45, 7) is 6.94. The van der Waals surface area contributed by atoms with E-state index in [9.17, 15) is 9.59 Å². The SMILES string of the molecule is CCOC(=O)CC(N)(ON(C)Cc1ccccc1N1CCOCC1)C(=O)OCC. The molecule has 0 spiro atoms. The fourth-order valence-electron chi connectivity index (χ4n) is 3.13. The fraction of sp³-hybridized carbons (Fsp3) is 0.600. The van der Waals surface area contributed by atoms with Crippen LogP contribution < -0.4 is 10.6 Å². The van der Waals surface area contributed by atoms with Gasteiger partial charge in [0.1, 0.15) is 6.42 Å². The van der Waals surface area contributed by atoms with Crippen LogP contribution in [0.1, 0.15) is 25.8 Å².